The zero-order valence-electron chi connectivity index (χ0n) is 27.5. The summed E-state index contributed by atoms with van der Waals surface area (Å²) in [7, 11) is 3.08. The van der Waals surface area contributed by atoms with Crippen LogP contribution >= 0.6 is 0 Å². The number of rotatable bonds is 7. The van der Waals surface area contributed by atoms with Crippen molar-refractivity contribution in [1.29, 1.82) is 0 Å². The predicted molar refractivity (Wildman–Crippen MR) is 180 cm³/mol. The lowest BCUT2D eigenvalue weighted by molar-refractivity contribution is 0.0232. The summed E-state index contributed by atoms with van der Waals surface area (Å²) in [6.45, 7) is 5.11. The number of methoxy groups -OCH3 is 2. The van der Waals surface area contributed by atoms with Crippen LogP contribution in [0.1, 0.15) is 47.2 Å². The molecule has 0 atom stereocenters. The molecule has 0 unspecified atom stereocenters. The first kappa shape index (κ1) is 32.7. The van der Waals surface area contributed by atoms with E-state index in [1.54, 1.807) is 88.7 Å². The topological polar surface area (TPSA) is 151 Å². The van der Waals surface area contributed by atoms with Crippen LogP contribution in [0.5, 0.6) is 23.0 Å². The van der Waals surface area contributed by atoms with E-state index in [1.807, 2.05) is 0 Å². The average molecular weight is 664 g/mol. The maximum Gasteiger partial charge on any atom is 0.417 e. The third kappa shape index (κ3) is 6.63. The number of nitrogens with zero attached hydrogens (tertiary/aromatic N) is 4. The number of hydrogen-bond donors (Lipinski definition) is 1. The number of imide groups is 1. The van der Waals surface area contributed by atoms with Crippen LogP contribution in [0.4, 0.5) is 10.6 Å². The zero-order chi connectivity index (χ0) is 34.9. The van der Waals surface area contributed by atoms with Gasteiger partial charge in [0, 0.05) is 42.0 Å². The van der Waals surface area contributed by atoms with E-state index in [0.29, 0.717) is 45.3 Å². The number of carbonyl (C=O) groups excluding carboxylic acids is 3. The fraction of sp³-hybridized carbons (Fsp3) is 0.222. The molecule has 1 N–H and O–H groups in total. The van der Waals surface area contributed by atoms with Gasteiger partial charge in [-0.05, 0) is 63.2 Å². The minimum absolute atomic E-state index is 0.00786. The number of nitrogens with one attached hydrogen (secondary N) is 1. The molecule has 0 radical (unpaired) electrons. The predicted octanol–water partition coefficient (Wildman–Crippen LogP) is 5.78. The van der Waals surface area contributed by atoms with E-state index < -0.39 is 29.1 Å². The Morgan fingerprint density at radius 1 is 0.878 bits per heavy atom. The first-order valence-corrected chi connectivity index (χ1v) is 15.3. The molecule has 0 aliphatic carbocycles. The van der Waals surface area contributed by atoms with Crippen molar-refractivity contribution in [2.45, 2.75) is 32.8 Å². The van der Waals surface area contributed by atoms with Gasteiger partial charge < -0.3 is 24.3 Å². The maximum atomic E-state index is 13.9. The molecular formula is C36H33N5O8. The summed E-state index contributed by atoms with van der Waals surface area (Å²) >= 11 is 0. The molecule has 250 valence electrons. The van der Waals surface area contributed by atoms with Gasteiger partial charge in [0.05, 0.1) is 31.5 Å². The number of amides is 3. The highest BCUT2D eigenvalue weighted by Gasteiger charge is 2.35. The highest BCUT2D eigenvalue weighted by molar-refractivity contribution is 6.08. The summed E-state index contributed by atoms with van der Waals surface area (Å²) in [5.74, 6) is 0.569. The van der Waals surface area contributed by atoms with E-state index in [9.17, 15) is 19.2 Å². The van der Waals surface area contributed by atoms with Gasteiger partial charge in [0.1, 0.15) is 28.5 Å². The number of fused-ring (bicyclic) bond motifs is 2. The Hall–Kier alpha value is -6.24. The lowest BCUT2D eigenvalue weighted by Gasteiger charge is -2.31. The fourth-order valence-corrected chi connectivity index (χ4v) is 5.41. The van der Waals surface area contributed by atoms with E-state index in [-0.39, 0.29) is 29.9 Å². The number of pyridine rings is 3. The van der Waals surface area contributed by atoms with Crippen LogP contribution in [-0.2, 0) is 11.2 Å². The van der Waals surface area contributed by atoms with Gasteiger partial charge >= 0.3 is 6.09 Å². The van der Waals surface area contributed by atoms with Gasteiger partial charge in [0.25, 0.3) is 17.4 Å². The number of carbonyl (C=O) groups is 3. The number of anilines is 1. The molecule has 3 amide bonds. The van der Waals surface area contributed by atoms with Crippen LogP contribution in [0, 0.1) is 0 Å². The highest BCUT2D eigenvalue weighted by Crippen LogP contribution is 2.37. The molecule has 49 heavy (non-hydrogen) atoms. The first-order chi connectivity index (χ1) is 23.5. The van der Waals surface area contributed by atoms with Crippen molar-refractivity contribution >= 4 is 34.6 Å². The van der Waals surface area contributed by atoms with Crippen molar-refractivity contribution in [1.82, 2.24) is 19.4 Å². The summed E-state index contributed by atoms with van der Waals surface area (Å²) in [4.78, 5) is 63.7. The molecule has 1 aliphatic rings. The zero-order valence-corrected chi connectivity index (χ0v) is 27.5. The quantitative estimate of drug-likeness (QED) is 0.227. The van der Waals surface area contributed by atoms with Gasteiger partial charge in [-0.15, -0.1) is 0 Å². The molecule has 0 saturated heterocycles. The summed E-state index contributed by atoms with van der Waals surface area (Å²) in [5, 5.41) is 3.32. The molecule has 6 rings (SSSR count). The minimum Gasteiger partial charge on any atom is -0.493 e. The minimum atomic E-state index is -0.827. The molecule has 3 aromatic heterocycles. The number of hydrogen-bond acceptors (Lipinski definition) is 10. The third-order valence-electron chi connectivity index (χ3n) is 7.64. The van der Waals surface area contributed by atoms with Gasteiger partial charge in [-0.2, -0.15) is 0 Å². The second kappa shape index (κ2) is 13.1. The summed E-state index contributed by atoms with van der Waals surface area (Å²) < 4.78 is 23.6. The molecule has 0 saturated carbocycles. The van der Waals surface area contributed by atoms with Crippen LogP contribution in [0.25, 0.3) is 16.6 Å². The molecule has 1 aliphatic heterocycles. The standard InChI is InChI=1S/C36H33N5O8/c1-36(2,3)49-35(45)40-16-14-27-24(33(40)43)17-25(34(44)41(27)21-9-7-6-8-10-21)32(42)39-31-12-11-22(20-38-31)48-28-13-15-37-26-19-30(47-5)29(46-4)18-23(26)28/h6-13,15,17-20H,14,16H2,1-5H3,(H,38,39,42). The monoisotopic (exact) mass is 663 g/mol. The van der Waals surface area contributed by atoms with Crippen molar-refractivity contribution in [3.8, 4) is 28.7 Å². The number of benzene rings is 2. The van der Waals surface area contributed by atoms with E-state index in [2.05, 4.69) is 15.3 Å². The molecule has 5 aromatic rings. The van der Waals surface area contributed by atoms with Crippen LogP contribution < -0.4 is 25.1 Å². The second-order valence-corrected chi connectivity index (χ2v) is 12.1. The maximum absolute atomic E-state index is 13.9. The molecule has 0 spiro atoms. The van der Waals surface area contributed by atoms with Crippen LogP contribution in [0.2, 0.25) is 0 Å². The lowest BCUT2D eigenvalue weighted by Crippen LogP contribution is -2.47. The highest BCUT2D eigenvalue weighted by atomic mass is 16.6. The fourth-order valence-electron chi connectivity index (χ4n) is 5.41. The van der Waals surface area contributed by atoms with E-state index in [0.717, 1.165) is 4.90 Å². The second-order valence-electron chi connectivity index (χ2n) is 12.1. The van der Waals surface area contributed by atoms with Crippen molar-refractivity contribution < 1.29 is 33.3 Å². The number of ether oxygens (including phenoxy) is 4. The molecule has 4 heterocycles. The first-order valence-electron chi connectivity index (χ1n) is 15.3. The molecule has 2 aromatic carbocycles. The normalized spacial score (nSPS) is 12.7. The smallest absolute Gasteiger partial charge is 0.417 e. The summed E-state index contributed by atoms with van der Waals surface area (Å²) in [5.41, 5.74) is -0.234. The molecule has 13 heteroatoms. The summed E-state index contributed by atoms with van der Waals surface area (Å²) in [6.07, 6.45) is 2.39. The van der Waals surface area contributed by atoms with Gasteiger partial charge in [-0.1, -0.05) is 18.2 Å². The van der Waals surface area contributed by atoms with Crippen molar-refractivity contribution in [2.24, 2.45) is 0 Å². The number of aromatic nitrogens is 3. The van der Waals surface area contributed by atoms with Crippen molar-refractivity contribution in [2.75, 3.05) is 26.1 Å². The Bertz CT molecular complexity index is 2140. The molecule has 13 nitrogen and oxygen atoms in total. The third-order valence-corrected chi connectivity index (χ3v) is 7.64. The average Bonchev–Trinajstić information content (AvgIpc) is 3.08. The Morgan fingerprint density at radius 2 is 1.61 bits per heavy atom. The Kier molecular flexibility index (Phi) is 8.74. The van der Waals surface area contributed by atoms with Gasteiger partial charge in [0.15, 0.2) is 11.5 Å². The summed E-state index contributed by atoms with van der Waals surface area (Å²) in [6, 6.07) is 18.2. The molecule has 0 bridgehead atoms. The van der Waals surface area contributed by atoms with Crippen LogP contribution in [0.3, 0.4) is 0 Å². The SMILES string of the molecule is COc1cc2nccc(Oc3ccc(NC(=O)c4cc5c(n(-c6ccccc6)c4=O)CCN(C(=O)OC(C)(C)C)C5=O)nc3)c2cc1OC. The molecule has 0 fully saturated rings. The van der Waals surface area contributed by atoms with Crippen molar-refractivity contribution in [3.05, 3.63) is 106 Å². The van der Waals surface area contributed by atoms with Crippen LogP contribution in [0.15, 0.2) is 83.9 Å². The van der Waals surface area contributed by atoms with Gasteiger partial charge in [-0.25, -0.2) is 14.7 Å². The Morgan fingerprint density at radius 3 is 2.29 bits per heavy atom. The van der Waals surface area contributed by atoms with Gasteiger partial charge in [-0.3, -0.25) is 23.9 Å². The Balaban J connectivity index is 1.29. The lowest BCUT2D eigenvalue weighted by atomic mass is 10.0. The van der Waals surface area contributed by atoms with E-state index >= 15 is 0 Å². The van der Waals surface area contributed by atoms with E-state index in [4.69, 9.17) is 18.9 Å². The molecular weight excluding hydrogens is 630 g/mol. The van der Waals surface area contributed by atoms with Crippen LogP contribution in [-0.4, -0.2) is 63.7 Å². The van der Waals surface area contributed by atoms with Gasteiger partial charge in [0.2, 0.25) is 0 Å². The van der Waals surface area contributed by atoms with E-state index in [1.165, 1.54) is 30.0 Å². The Labute approximate surface area is 281 Å². The largest absolute Gasteiger partial charge is 0.493 e. The van der Waals surface area contributed by atoms with Crippen molar-refractivity contribution in [3.63, 3.8) is 0 Å². The number of para-hydroxylation sites is 1.